The van der Waals surface area contributed by atoms with Crippen LogP contribution in [-0.2, 0) is 16.1 Å². The number of hydrogen-bond donors (Lipinski definition) is 1. The van der Waals surface area contributed by atoms with Crippen molar-refractivity contribution < 1.29 is 14.3 Å². The topological polar surface area (TPSA) is 58.6 Å². The second-order valence-electron chi connectivity index (χ2n) is 8.23. The van der Waals surface area contributed by atoms with E-state index in [4.69, 9.17) is 27.9 Å². The maximum absolute atomic E-state index is 13.3. The molecule has 0 spiro atoms. The number of ether oxygens (including phenoxy) is 1. The van der Waals surface area contributed by atoms with Crippen molar-refractivity contribution in [1.29, 1.82) is 0 Å². The molecule has 0 radical (unpaired) electrons. The average molecular weight is 477 g/mol. The Kier molecular flexibility index (Phi) is 8.83. The van der Waals surface area contributed by atoms with Gasteiger partial charge in [0, 0.05) is 22.6 Å². The average Bonchev–Trinajstić information content (AvgIpc) is 3.27. The van der Waals surface area contributed by atoms with Gasteiger partial charge in [-0.3, -0.25) is 9.59 Å². The van der Waals surface area contributed by atoms with Gasteiger partial charge in [0.15, 0.2) is 6.61 Å². The highest BCUT2D eigenvalue weighted by atomic mass is 35.5. The van der Waals surface area contributed by atoms with Crippen LogP contribution in [0.15, 0.2) is 42.5 Å². The van der Waals surface area contributed by atoms with Gasteiger partial charge in [0.2, 0.25) is 5.91 Å². The van der Waals surface area contributed by atoms with Crippen LogP contribution >= 0.6 is 23.2 Å². The van der Waals surface area contributed by atoms with Gasteiger partial charge in [0.25, 0.3) is 5.91 Å². The van der Waals surface area contributed by atoms with Gasteiger partial charge in [-0.05, 0) is 55.5 Å². The fraction of sp³-hybridized carbons (Fsp3) is 0.440. The van der Waals surface area contributed by atoms with Crippen molar-refractivity contribution in [2.24, 2.45) is 0 Å². The van der Waals surface area contributed by atoms with E-state index in [9.17, 15) is 9.59 Å². The number of carbonyl (C=O) groups is 2. The molecule has 0 heterocycles. The summed E-state index contributed by atoms with van der Waals surface area (Å²) in [6.45, 7) is 3.87. The molecule has 0 aliphatic heterocycles. The van der Waals surface area contributed by atoms with Crippen LogP contribution in [0.5, 0.6) is 5.75 Å². The van der Waals surface area contributed by atoms with Gasteiger partial charge < -0.3 is 15.0 Å². The molecule has 5 nitrogen and oxygen atoms in total. The van der Waals surface area contributed by atoms with Gasteiger partial charge >= 0.3 is 0 Å². The number of rotatable bonds is 9. The zero-order valence-corrected chi connectivity index (χ0v) is 20.1. The molecule has 172 valence electrons. The number of benzene rings is 2. The summed E-state index contributed by atoms with van der Waals surface area (Å²) in [5, 5.41) is 4.11. The first-order chi connectivity index (χ1) is 15.4. The van der Waals surface area contributed by atoms with E-state index >= 15 is 0 Å². The molecular formula is C25H30Cl2N2O3. The molecule has 1 aliphatic carbocycles. The van der Waals surface area contributed by atoms with Crippen molar-refractivity contribution in [3.05, 3.63) is 63.6 Å². The lowest BCUT2D eigenvalue weighted by Gasteiger charge is -2.31. The van der Waals surface area contributed by atoms with E-state index < -0.39 is 6.04 Å². The van der Waals surface area contributed by atoms with Crippen molar-refractivity contribution >= 4 is 35.0 Å². The van der Waals surface area contributed by atoms with Crippen molar-refractivity contribution in [3.8, 4) is 5.75 Å². The summed E-state index contributed by atoms with van der Waals surface area (Å²) in [5.74, 6) is 0.246. The summed E-state index contributed by atoms with van der Waals surface area (Å²) in [6, 6.07) is 12.3. The molecule has 1 unspecified atom stereocenters. The van der Waals surface area contributed by atoms with E-state index in [1.54, 1.807) is 23.1 Å². The highest BCUT2D eigenvalue weighted by molar-refractivity contribution is 6.35. The molecule has 7 heteroatoms. The van der Waals surface area contributed by atoms with Gasteiger partial charge in [0.05, 0.1) is 0 Å². The number of carbonyl (C=O) groups excluding carboxylic acids is 2. The van der Waals surface area contributed by atoms with Crippen LogP contribution in [0.4, 0.5) is 0 Å². The minimum atomic E-state index is -0.615. The SMILES string of the molecule is CCC(C(=O)NC1CCCC1)N(Cc1ccc(Cl)cc1Cl)C(=O)COc1ccccc1C. The quantitative estimate of drug-likeness (QED) is 0.516. The molecule has 2 amide bonds. The Morgan fingerprint density at radius 1 is 1.16 bits per heavy atom. The number of amides is 2. The van der Waals surface area contributed by atoms with Gasteiger partial charge in [-0.2, -0.15) is 0 Å². The molecular weight excluding hydrogens is 447 g/mol. The number of halogens is 2. The van der Waals surface area contributed by atoms with Gasteiger partial charge in [0.1, 0.15) is 11.8 Å². The Labute approximate surface area is 200 Å². The first kappa shape index (κ1) is 24.4. The third-order valence-corrected chi connectivity index (χ3v) is 6.47. The lowest BCUT2D eigenvalue weighted by atomic mass is 10.1. The zero-order chi connectivity index (χ0) is 23.1. The smallest absolute Gasteiger partial charge is 0.261 e. The van der Waals surface area contributed by atoms with Crippen molar-refractivity contribution in [3.63, 3.8) is 0 Å². The van der Waals surface area contributed by atoms with E-state index in [2.05, 4.69) is 5.32 Å². The minimum absolute atomic E-state index is 0.131. The van der Waals surface area contributed by atoms with Crippen LogP contribution in [0.3, 0.4) is 0 Å². The molecule has 0 aromatic heterocycles. The summed E-state index contributed by atoms with van der Waals surface area (Å²) >= 11 is 12.4. The molecule has 0 saturated heterocycles. The number of nitrogens with zero attached hydrogens (tertiary/aromatic N) is 1. The fourth-order valence-corrected chi connectivity index (χ4v) is 4.53. The first-order valence-corrected chi connectivity index (χ1v) is 11.9. The monoisotopic (exact) mass is 476 g/mol. The van der Waals surface area contributed by atoms with Crippen LogP contribution in [0.1, 0.15) is 50.2 Å². The van der Waals surface area contributed by atoms with Crippen LogP contribution in [0.25, 0.3) is 0 Å². The Bertz CT molecular complexity index is 945. The van der Waals surface area contributed by atoms with Gasteiger partial charge in [-0.15, -0.1) is 0 Å². The molecule has 2 aromatic carbocycles. The number of nitrogens with one attached hydrogen (secondary N) is 1. The van der Waals surface area contributed by atoms with Gasteiger partial charge in [-0.1, -0.05) is 67.2 Å². The van der Waals surface area contributed by atoms with Crippen molar-refractivity contribution in [2.75, 3.05) is 6.61 Å². The third kappa shape index (κ3) is 6.39. The van der Waals surface area contributed by atoms with Crippen molar-refractivity contribution in [2.45, 2.75) is 64.6 Å². The normalized spacial score (nSPS) is 14.8. The molecule has 1 fully saturated rings. The summed E-state index contributed by atoms with van der Waals surface area (Å²) in [7, 11) is 0. The maximum atomic E-state index is 13.3. The minimum Gasteiger partial charge on any atom is -0.484 e. The summed E-state index contributed by atoms with van der Waals surface area (Å²) in [4.78, 5) is 28.0. The standard InChI is InChI=1S/C25H30Cl2N2O3/c1-3-22(25(31)28-20-9-5-6-10-20)29(15-18-12-13-19(26)14-21(18)27)24(30)16-32-23-11-7-4-8-17(23)2/h4,7-8,11-14,20,22H,3,5-6,9-10,15-16H2,1-2H3,(H,28,31). The lowest BCUT2D eigenvalue weighted by Crippen LogP contribution is -2.52. The lowest BCUT2D eigenvalue weighted by molar-refractivity contribution is -0.143. The molecule has 2 aromatic rings. The van der Waals surface area contributed by atoms with Crippen LogP contribution in [-0.4, -0.2) is 35.4 Å². The van der Waals surface area contributed by atoms with E-state index in [0.717, 1.165) is 36.8 Å². The van der Waals surface area contributed by atoms with Gasteiger partial charge in [-0.25, -0.2) is 0 Å². The van der Waals surface area contributed by atoms with E-state index in [0.29, 0.717) is 22.2 Å². The third-order valence-electron chi connectivity index (χ3n) is 5.89. The predicted octanol–water partition coefficient (Wildman–Crippen LogP) is 5.55. The molecule has 1 atom stereocenters. The summed E-state index contributed by atoms with van der Waals surface area (Å²) in [6.07, 6.45) is 4.69. The molecule has 1 N–H and O–H groups in total. The number of hydrogen-bond acceptors (Lipinski definition) is 3. The van der Waals surface area contributed by atoms with Crippen LogP contribution in [0, 0.1) is 6.92 Å². The number of para-hydroxylation sites is 1. The predicted molar refractivity (Wildman–Crippen MR) is 128 cm³/mol. The zero-order valence-electron chi connectivity index (χ0n) is 18.6. The van der Waals surface area contributed by atoms with E-state index in [-0.39, 0.29) is 31.0 Å². The molecule has 3 rings (SSSR count). The summed E-state index contributed by atoms with van der Waals surface area (Å²) in [5.41, 5.74) is 1.67. The highest BCUT2D eigenvalue weighted by Crippen LogP contribution is 2.25. The Morgan fingerprint density at radius 3 is 2.53 bits per heavy atom. The number of aryl methyl sites for hydroxylation is 1. The largest absolute Gasteiger partial charge is 0.484 e. The highest BCUT2D eigenvalue weighted by Gasteiger charge is 2.31. The Balaban J connectivity index is 1.80. The van der Waals surface area contributed by atoms with Crippen LogP contribution in [0.2, 0.25) is 10.0 Å². The summed E-state index contributed by atoms with van der Waals surface area (Å²) < 4.78 is 5.80. The second kappa shape index (κ2) is 11.6. The van der Waals surface area contributed by atoms with Crippen LogP contribution < -0.4 is 10.1 Å². The Morgan fingerprint density at radius 2 is 1.88 bits per heavy atom. The molecule has 1 saturated carbocycles. The molecule has 0 bridgehead atoms. The maximum Gasteiger partial charge on any atom is 0.261 e. The Hall–Kier alpha value is -2.24. The second-order valence-corrected chi connectivity index (χ2v) is 9.07. The van der Waals surface area contributed by atoms with E-state index in [1.807, 2.05) is 38.1 Å². The molecule has 32 heavy (non-hydrogen) atoms. The molecule has 1 aliphatic rings. The fourth-order valence-electron chi connectivity index (χ4n) is 4.06. The van der Waals surface area contributed by atoms with Crippen molar-refractivity contribution in [1.82, 2.24) is 10.2 Å². The van der Waals surface area contributed by atoms with E-state index in [1.165, 1.54) is 0 Å². The first-order valence-electron chi connectivity index (χ1n) is 11.1.